The number of likely N-dealkylation sites (tertiary alicyclic amines) is 1. The van der Waals surface area contributed by atoms with Crippen molar-refractivity contribution in [2.24, 2.45) is 5.92 Å². The molecule has 1 aliphatic heterocycles. The second kappa shape index (κ2) is 8.19. The minimum Gasteiger partial charge on any atom is -0.481 e. The van der Waals surface area contributed by atoms with Gasteiger partial charge in [0.25, 0.3) is 0 Å². The van der Waals surface area contributed by atoms with Crippen LogP contribution in [0.4, 0.5) is 4.39 Å². The minimum absolute atomic E-state index is 0.251. The molecule has 138 valence electrons. The lowest BCUT2D eigenvalue weighted by Crippen LogP contribution is -2.47. The van der Waals surface area contributed by atoms with E-state index in [1.807, 2.05) is 6.92 Å². The van der Waals surface area contributed by atoms with Crippen molar-refractivity contribution in [2.45, 2.75) is 26.0 Å². The Hall–Kier alpha value is -2.60. The molecule has 2 unspecified atom stereocenters. The Bertz CT molecular complexity index is 732. The van der Waals surface area contributed by atoms with Crippen LogP contribution >= 0.6 is 0 Å². The molecule has 2 aromatic carbocycles. The number of ether oxygens (including phenoxy) is 2. The molecular formula is C20H22FNO4. The lowest BCUT2D eigenvalue weighted by atomic mass is 9.95. The van der Waals surface area contributed by atoms with Crippen LogP contribution in [0.15, 0.2) is 48.5 Å². The fourth-order valence-corrected chi connectivity index (χ4v) is 3.07. The first kappa shape index (κ1) is 18.2. The van der Waals surface area contributed by atoms with E-state index in [2.05, 4.69) is 4.90 Å². The molecule has 1 heterocycles. The molecule has 0 bridgehead atoms. The molecule has 26 heavy (non-hydrogen) atoms. The normalized spacial score (nSPS) is 20.5. The fourth-order valence-electron chi connectivity index (χ4n) is 3.07. The first-order valence-corrected chi connectivity index (χ1v) is 8.72. The van der Waals surface area contributed by atoms with Crippen LogP contribution in [0, 0.1) is 11.7 Å². The Kier molecular flexibility index (Phi) is 5.73. The molecule has 0 saturated carbocycles. The molecule has 3 rings (SSSR count). The van der Waals surface area contributed by atoms with Crippen LogP contribution in [-0.2, 0) is 4.79 Å². The summed E-state index contributed by atoms with van der Waals surface area (Å²) in [5.41, 5.74) is 0. The highest BCUT2D eigenvalue weighted by Gasteiger charge is 2.32. The first-order valence-electron chi connectivity index (χ1n) is 8.72. The summed E-state index contributed by atoms with van der Waals surface area (Å²) in [4.78, 5) is 13.4. The molecule has 2 atom stereocenters. The number of rotatable bonds is 6. The molecule has 6 heteroatoms. The van der Waals surface area contributed by atoms with Crippen LogP contribution in [0.1, 0.15) is 19.8 Å². The zero-order valence-corrected chi connectivity index (χ0v) is 14.6. The molecule has 0 amide bonds. The Morgan fingerprint density at radius 1 is 1.12 bits per heavy atom. The molecule has 1 N–H and O–H groups in total. The van der Waals surface area contributed by atoms with Gasteiger partial charge in [0.05, 0.1) is 5.92 Å². The number of hydrogen-bond donors (Lipinski definition) is 1. The zero-order valence-electron chi connectivity index (χ0n) is 14.6. The molecule has 0 radical (unpaired) electrons. The number of piperidine rings is 1. The number of hydrogen-bond acceptors (Lipinski definition) is 4. The van der Waals surface area contributed by atoms with Crippen molar-refractivity contribution in [1.29, 1.82) is 0 Å². The molecule has 1 saturated heterocycles. The van der Waals surface area contributed by atoms with Gasteiger partial charge in [0, 0.05) is 13.0 Å². The largest absolute Gasteiger partial charge is 0.481 e. The van der Waals surface area contributed by atoms with Gasteiger partial charge in [0.2, 0.25) is 0 Å². The second-order valence-electron chi connectivity index (χ2n) is 6.29. The van der Waals surface area contributed by atoms with Crippen molar-refractivity contribution in [3.8, 4) is 17.2 Å². The fraction of sp³-hybridized carbons (Fsp3) is 0.350. The Balaban J connectivity index is 1.63. The number of carboxylic acid groups (broad SMARTS) is 1. The maximum absolute atomic E-state index is 12.9. The monoisotopic (exact) mass is 359 g/mol. The third-order valence-corrected chi connectivity index (χ3v) is 4.56. The maximum Gasteiger partial charge on any atom is 0.306 e. The molecule has 0 aliphatic carbocycles. The third-order valence-electron chi connectivity index (χ3n) is 4.56. The Labute approximate surface area is 152 Å². The highest BCUT2D eigenvalue weighted by atomic mass is 19.1. The van der Waals surface area contributed by atoms with E-state index >= 15 is 0 Å². The summed E-state index contributed by atoms with van der Waals surface area (Å²) in [6.45, 7) is 3.56. The summed E-state index contributed by atoms with van der Waals surface area (Å²) in [5.74, 6) is 0.373. The summed E-state index contributed by atoms with van der Waals surface area (Å²) < 4.78 is 24.6. The van der Waals surface area contributed by atoms with Gasteiger partial charge >= 0.3 is 5.97 Å². The Morgan fingerprint density at radius 3 is 2.27 bits per heavy atom. The van der Waals surface area contributed by atoms with Crippen molar-refractivity contribution in [3.05, 3.63) is 54.3 Å². The van der Waals surface area contributed by atoms with Crippen molar-refractivity contribution >= 4 is 5.97 Å². The minimum atomic E-state index is -0.766. The number of aliphatic carboxylic acids is 1. The number of benzene rings is 2. The van der Waals surface area contributed by atoms with Gasteiger partial charge in [-0.3, -0.25) is 9.69 Å². The van der Waals surface area contributed by atoms with Gasteiger partial charge in [0.1, 0.15) is 23.1 Å². The SMILES string of the molecule is CCN1CCC(C(=O)O)CC1Oc1ccc(Oc2ccc(F)cc2)cc1. The maximum atomic E-state index is 12.9. The average molecular weight is 359 g/mol. The zero-order chi connectivity index (χ0) is 18.5. The van der Waals surface area contributed by atoms with Crippen molar-refractivity contribution < 1.29 is 23.8 Å². The van der Waals surface area contributed by atoms with Crippen LogP contribution in [0.25, 0.3) is 0 Å². The van der Waals surface area contributed by atoms with Crippen LogP contribution in [-0.4, -0.2) is 35.3 Å². The van der Waals surface area contributed by atoms with Crippen molar-refractivity contribution in [3.63, 3.8) is 0 Å². The lowest BCUT2D eigenvalue weighted by molar-refractivity contribution is -0.146. The van der Waals surface area contributed by atoms with E-state index in [4.69, 9.17) is 9.47 Å². The van der Waals surface area contributed by atoms with Crippen LogP contribution in [0.2, 0.25) is 0 Å². The van der Waals surface area contributed by atoms with E-state index in [-0.39, 0.29) is 18.0 Å². The van der Waals surface area contributed by atoms with Crippen molar-refractivity contribution in [1.82, 2.24) is 4.90 Å². The predicted octanol–water partition coefficient (Wildman–Crippen LogP) is 4.14. The van der Waals surface area contributed by atoms with E-state index in [1.165, 1.54) is 12.1 Å². The molecule has 1 fully saturated rings. The van der Waals surface area contributed by atoms with Gasteiger partial charge in [-0.1, -0.05) is 6.92 Å². The second-order valence-corrected chi connectivity index (χ2v) is 6.29. The number of carboxylic acids is 1. The summed E-state index contributed by atoms with van der Waals surface area (Å²) >= 11 is 0. The van der Waals surface area contributed by atoms with Crippen LogP contribution in [0.5, 0.6) is 17.2 Å². The van der Waals surface area contributed by atoms with Crippen molar-refractivity contribution in [2.75, 3.05) is 13.1 Å². The summed E-state index contributed by atoms with van der Waals surface area (Å²) in [6.07, 6.45) is 0.864. The summed E-state index contributed by atoms with van der Waals surface area (Å²) in [5, 5.41) is 9.26. The molecule has 2 aromatic rings. The van der Waals surface area contributed by atoms with Crippen LogP contribution in [0.3, 0.4) is 0 Å². The third kappa shape index (κ3) is 4.52. The van der Waals surface area contributed by atoms with E-state index in [0.717, 1.165) is 6.54 Å². The van der Waals surface area contributed by atoms with Gasteiger partial charge in [0.15, 0.2) is 6.23 Å². The smallest absolute Gasteiger partial charge is 0.306 e. The highest BCUT2D eigenvalue weighted by molar-refractivity contribution is 5.70. The number of halogens is 1. The highest BCUT2D eigenvalue weighted by Crippen LogP contribution is 2.28. The Morgan fingerprint density at radius 2 is 1.69 bits per heavy atom. The van der Waals surface area contributed by atoms with Gasteiger partial charge in [-0.05, 0) is 61.5 Å². The molecular weight excluding hydrogens is 337 g/mol. The quantitative estimate of drug-likeness (QED) is 0.840. The summed E-state index contributed by atoms with van der Waals surface area (Å²) in [6, 6.07) is 12.9. The van der Waals surface area contributed by atoms with Gasteiger partial charge in [-0.15, -0.1) is 0 Å². The van der Waals surface area contributed by atoms with Gasteiger partial charge in [-0.25, -0.2) is 4.39 Å². The van der Waals surface area contributed by atoms with E-state index < -0.39 is 5.97 Å². The molecule has 0 aromatic heterocycles. The standard InChI is InChI=1S/C20H22FNO4/c1-2-22-12-11-14(20(23)24)13-19(22)26-18-9-7-17(8-10-18)25-16-5-3-15(21)4-6-16/h3-10,14,19H,2,11-13H2,1H3,(H,23,24). The topological polar surface area (TPSA) is 59.0 Å². The van der Waals surface area contributed by atoms with Crippen LogP contribution < -0.4 is 9.47 Å². The first-order chi connectivity index (χ1) is 12.5. The number of nitrogens with zero attached hydrogens (tertiary/aromatic N) is 1. The average Bonchev–Trinajstić information content (AvgIpc) is 2.65. The number of carbonyl (C=O) groups is 1. The van der Waals surface area contributed by atoms with E-state index in [1.54, 1.807) is 36.4 Å². The van der Waals surface area contributed by atoms with E-state index in [9.17, 15) is 14.3 Å². The van der Waals surface area contributed by atoms with Gasteiger partial charge < -0.3 is 14.6 Å². The lowest BCUT2D eigenvalue weighted by Gasteiger charge is -2.37. The molecule has 1 aliphatic rings. The predicted molar refractivity (Wildman–Crippen MR) is 94.9 cm³/mol. The summed E-state index contributed by atoms with van der Waals surface area (Å²) in [7, 11) is 0. The molecule has 0 spiro atoms. The van der Waals surface area contributed by atoms with Gasteiger partial charge in [-0.2, -0.15) is 0 Å². The molecule has 5 nitrogen and oxygen atoms in total. The van der Waals surface area contributed by atoms with E-state index in [0.29, 0.717) is 36.6 Å².